The Kier molecular flexibility index (Phi) is 6.69. The largest absolute Gasteiger partial charge is 0.469 e. The molecule has 5 rings (SSSR count). The molecule has 0 aliphatic heterocycles. The minimum Gasteiger partial charge on any atom is -0.469 e. The van der Waals surface area contributed by atoms with Crippen LogP contribution >= 0.6 is 0 Å². The van der Waals surface area contributed by atoms with E-state index in [1.165, 1.54) is 12.8 Å². The second-order valence-corrected chi connectivity index (χ2v) is 12.6. The summed E-state index contributed by atoms with van der Waals surface area (Å²) in [6.07, 6.45) is 13.4. The molecule has 4 fully saturated rings. The molecule has 0 spiro atoms. The van der Waals surface area contributed by atoms with Crippen LogP contribution in [-0.2, 0) is 14.3 Å². The number of carbonyl (C=O) groups excluding carboxylic acids is 2. The molecular weight excluding hydrogens is 408 g/mol. The zero-order valence-corrected chi connectivity index (χ0v) is 22.3. The third kappa shape index (κ3) is 3.49. The highest BCUT2D eigenvalue weighted by atomic mass is 16.5. The Morgan fingerprint density at radius 2 is 1.67 bits per heavy atom. The Morgan fingerprint density at radius 3 is 2.36 bits per heavy atom. The average molecular weight is 457 g/mol. The van der Waals surface area contributed by atoms with Gasteiger partial charge in [-0.1, -0.05) is 53.2 Å². The number of carbonyl (C=O) groups is 2. The fourth-order valence-electron chi connectivity index (χ4n) is 9.75. The number of Topliss-reactive ketones (excluding diaryl/α,β-unsaturated/α-hetero) is 1. The van der Waals surface area contributed by atoms with Gasteiger partial charge in [-0.2, -0.15) is 0 Å². The molecule has 9 unspecified atom stereocenters. The van der Waals surface area contributed by atoms with Crippen molar-refractivity contribution < 1.29 is 14.3 Å². The van der Waals surface area contributed by atoms with Gasteiger partial charge in [0.05, 0.1) is 12.5 Å². The van der Waals surface area contributed by atoms with Crippen LogP contribution in [0.4, 0.5) is 0 Å². The van der Waals surface area contributed by atoms with E-state index in [0.29, 0.717) is 40.8 Å². The van der Waals surface area contributed by atoms with Crippen molar-refractivity contribution in [3.8, 4) is 0 Å². The van der Waals surface area contributed by atoms with Gasteiger partial charge in [-0.3, -0.25) is 9.59 Å². The van der Waals surface area contributed by atoms with Crippen molar-refractivity contribution in [1.29, 1.82) is 0 Å². The van der Waals surface area contributed by atoms with Crippen LogP contribution in [0.5, 0.6) is 0 Å². The predicted molar refractivity (Wildman–Crippen MR) is 134 cm³/mol. The highest BCUT2D eigenvalue weighted by molar-refractivity contribution is 5.82. The molecule has 0 aromatic rings. The first-order valence-electron chi connectivity index (χ1n) is 14.0. The quantitative estimate of drug-likeness (QED) is 0.305. The van der Waals surface area contributed by atoms with Crippen molar-refractivity contribution in [2.75, 3.05) is 7.11 Å². The summed E-state index contributed by atoms with van der Waals surface area (Å²) < 4.78 is 5.41. The first-order chi connectivity index (χ1) is 15.7. The van der Waals surface area contributed by atoms with Gasteiger partial charge in [0.2, 0.25) is 0 Å². The summed E-state index contributed by atoms with van der Waals surface area (Å²) in [4.78, 5) is 25.6. The Hall–Kier alpha value is -1.12. The number of ether oxygens (including phenoxy) is 1. The maximum atomic E-state index is 13.1. The van der Waals surface area contributed by atoms with E-state index in [1.54, 1.807) is 12.7 Å². The predicted octanol–water partition coefficient (Wildman–Crippen LogP) is 7.39. The molecule has 0 N–H and O–H groups in total. The van der Waals surface area contributed by atoms with Crippen LogP contribution in [-0.4, -0.2) is 18.9 Å². The molecular formula is C30H48O3. The lowest BCUT2D eigenvalue weighted by Crippen LogP contribution is -2.59. The average Bonchev–Trinajstić information content (AvgIpc) is 2.82. The van der Waals surface area contributed by atoms with Crippen molar-refractivity contribution in [3.63, 3.8) is 0 Å². The number of rotatable bonds is 1. The Labute approximate surface area is 202 Å². The van der Waals surface area contributed by atoms with E-state index in [-0.39, 0.29) is 22.7 Å². The number of allylic oxidation sites excluding steroid dienone is 2. The van der Waals surface area contributed by atoms with E-state index < -0.39 is 0 Å². The molecule has 0 amide bonds. The fraction of sp³-hybridized carbons (Fsp3) is 0.867. The third-order valence-corrected chi connectivity index (χ3v) is 11.5. The maximum absolute atomic E-state index is 13.1. The lowest BCUT2D eigenvalue weighted by Gasteiger charge is -2.65. The second-order valence-electron chi connectivity index (χ2n) is 12.6. The van der Waals surface area contributed by atoms with E-state index in [0.717, 1.165) is 51.4 Å². The van der Waals surface area contributed by atoms with Crippen LogP contribution < -0.4 is 0 Å². The fourth-order valence-corrected chi connectivity index (χ4v) is 9.75. The molecule has 0 aromatic carbocycles. The van der Waals surface area contributed by atoms with Crippen LogP contribution in [0.1, 0.15) is 106 Å². The van der Waals surface area contributed by atoms with Gasteiger partial charge in [0, 0.05) is 12.3 Å². The van der Waals surface area contributed by atoms with Crippen molar-refractivity contribution in [3.05, 3.63) is 11.6 Å². The molecule has 3 heteroatoms. The van der Waals surface area contributed by atoms with Crippen LogP contribution in [0, 0.1) is 51.8 Å². The summed E-state index contributed by atoms with van der Waals surface area (Å²) in [7, 11) is 1.58. The molecule has 0 saturated heterocycles. The standard InChI is InChI=1S/C28H42O3.C2H6/c1-17-8-14-28(25(30)31-5)15-10-21-19(22(28)16-17)6-7-24-26(3)13-11-23(29)18(2)20(26)9-12-27(21,24)4;1-2/h6,17-18,20-22,24H,7-16H2,1-5H3;1-2H3. The molecule has 5 aliphatic carbocycles. The topological polar surface area (TPSA) is 43.4 Å². The minimum absolute atomic E-state index is 0.0475. The summed E-state index contributed by atoms with van der Waals surface area (Å²) in [5.41, 5.74) is 1.92. The smallest absolute Gasteiger partial charge is 0.312 e. The summed E-state index contributed by atoms with van der Waals surface area (Å²) >= 11 is 0. The van der Waals surface area contributed by atoms with Gasteiger partial charge < -0.3 is 4.74 Å². The first kappa shape index (κ1) is 25.0. The highest BCUT2D eigenvalue weighted by Gasteiger charge is 2.63. The first-order valence-corrected chi connectivity index (χ1v) is 14.0. The number of methoxy groups -OCH3 is 1. The molecule has 186 valence electrons. The second kappa shape index (κ2) is 8.83. The van der Waals surface area contributed by atoms with Crippen molar-refractivity contribution in [1.82, 2.24) is 0 Å². The molecule has 9 atom stereocenters. The van der Waals surface area contributed by atoms with Gasteiger partial charge in [0.25, 0.3) is 0 Å². The van der Waals surface area contributed by atoms with Crippen LogP contribution in [0.3, 0.4) is 0 Å². The van der Waals surface area contributed by atoms with Gasteiger partial charge in [0.15, 0.2) is 0 Å². The van der Waals surface area contributed by atoms with Crippen molar-refractivity contribution >= 4 is 11.8 Å². The molecule has 33 heavy (non-hydrogen) atoms. The van der Waals surface area contributed by atoms with E-state index in [2.05, 4.69) is 33.8 Å². The van der Waals surface area contributed by atoms with Crippen molar-refractivity contribution in [2.24, 2.45) is 51.8 Å². The summed E-state index contributed by atoms with van der Waals surface area (Å²) in [5.74, 6) is 3.64. The molecule has 0 aromatic heterocycles. The van der Waals surface area contributed by atoms with Gasteiger partial charge in [0.1, 0.15) is 5.78 Å². The lowest BCUT2D eigenvalue weighted by atomic mass is 9.39. The van der Waals surface area contributed by atoms with Crippen LogP contribution in [0.2, 0.25) is 0 Å². The maximum Gasteiger partial charge on any atom is 0.312 e. The molecule has 0 heterocycles. The Balaban J connectivity index is 0.00000126. The minimum atomic E-state index is -0.278. The molecule has 3 nitrogen and oxygen atoms in total. The van der Waals surface area contributed by atoms with E-state index in [4.69, 9.17) is 4.74 Å². The summed E-state index contributed by atoms with van der Waals surface area (Å²) in [6.45, 7) is 13.7. The number of esters is 1. The van der Waals surface area contributed by atoms with Gasteiger partial charge in [-0.05, 0) is 98.2 Å². The van der Waals surface area contributed by atoms with Gasteiger partial charge >= 0.3 is 5.97 Å². The normalized spacial score (nSPS) is 48.6. The van der Waals surface area contributed by atoms with E-state index >= 15 is 0 Å². The van der Waals surface area contributed by atoms with Gasteiger partial charge in [-0.25, -0.2) is 0 Å². The Bertz CT molecular complexity index is 813. The zero-order chi connectivity index (χ0) is 24.2. The van der Waals surface area contributed by atoms with Gasteiger partial charge in [-0.15, -0.1) is 0 Å². The third-order valence-electron chi connectivity index (χ3n) is 11.5. The molecule has 0 bridgehead atoms. The highest BCUT2D eigenvalue weighted by Crippen LogP contribution is 2.70. The van der Waals surface area contributed by atoms with Crippen LogP contribution in [0.15, 0.2) is 11.6 Å². The molecule has 5 aliphatic rings. The SMILES string of the molecule is CC.COC(=O)C12CCC(C)CC1C1=CCC3C(C)(CCC4C(C)C(=O)CCC43C)C1CC2. The van der Waals surface area contributed by atoms with E-state index in [1.807, 2.05) is 13.8 Å². The zero-order valence-electron chi connectivity index (χ0n) is 22.3. The monoisotopic (exact) mass is 456 g/mol. The van der Waals surface area contributed by atoms with E-state index in [9.17, 15) is 9.59 Å². The molecule has 4 saturated carbocycles. The number of hydrogen-bond donors (Lipinski definition) is 0. The number of fused-ring (bicyclic) bond motifs is 7. The summed E-state index contributed by atoms with van der Waals surface area (Å²) in [6, 6.07) is 0. The lowest BCUT2D eigenvalue weighted by molar-refractivity contribution is -0.168. The van der Waals surface area contributed by atoms with Crippen molar-refractivity contribution in [2.45, 2.75) is 106 Å². The number of ketones is 1. The number of hydrogen-bond acceptors (Lipinski definition) is 3. The Morgan fingerprint density at radius 1 is 0.970 bits per heavy atom. The summed E-state index contributed by atoms with van der Waals surface area (Å²) in [5, 5.41) is 0. The van der Waals surface area contributed by atoms with Crippen LogP contribution in [0.25, 0.3) is 0 Å². The molecule has 0 radical (unpaired) electrons.